The van der Waals surface area contributed by atoms with Gasteiger partial charge in [-0.3, -0.25) is 0 Å². The van der Waals surface area contributed by atoms with Crippen LogP contribution in [0.4, 0.5) is 0 Å². The molecular formula is C14H31NO. The maximum atomic E-state index is 5.80. The lowest BCUT2D eigenvalue weighted by Gasteiger charge is -2.18. The van der Waals surface area contributed by atoms with E-state index in [4.69, 9.17) is 4.74 Å². The third kappa shape index (κ3) is 9.17. The Morgan fingerprint density at radius 2 is 1.81 bits per heavy atom. The third-order valence-electron chi connectivity index (χ3n) is 2.89. The molecule has 0 bridgehead atoms. The lowest BCUT2D eigenvalue weighted by molar-refractivity contribution is 0.0484. The molecule has 0 heterocycles. The predicted molar refractivity (Wildman–Crippen MR) is 71.9 cm³/mol. The number of rotatable bonds is 10. The van der Waals surface area contributed by atoms with Crippen molar-refractivity contribution in [1.82, 2.24) is 5.32 Å². The minimum atomic E-state index is 0.416. The van der Waals surface area contributed by atoms with Crippen molar-refractivity contribution in [3.8, 4) is 0 Å². The van der Waals surface area contributed by atoms with Gasteiger partial charge < -0.3 is 10.1 Å². The molecule has 0 aliphatic carbocycles. The Balaban J connectivity index is 3.43. The van der Waals surface area contributed by atoms with Crippen molar-refractivity contribution < 1.29 is 4.74 Å². The van der Waals surface area contributed by atoms with E-state index < -0.39 is 0 Å². The van der Waals surface area contributed by atoms with Crippen LogP contribution in [0.5, 0.6) is 0 Å². The van der Waals surface area contributed by atoms with Crippen LogP contribution in [-0.2, 0) is 4.74 Å². The molecule has 0 aromatic rings. The van der Waals surface area contributed by atoms with Crippen LogP contribution in [0.3, 0.4) is 0 Å². The fourth-order valence-electron chi connectivity index (χ4n) is 2.09. The number of ether oxygens (including phenoxy) is 1. The van der Waals surface area contributed by atoms with Gasteiger partial charge in [0.15, 0.2) is 0 Å². The highest BCUT2D eigenvalue weighted by Gasteiger charge is 2.06. The molecule has 0 saturated carbocycles. The molecule has 0 spiro atoms. The molecule has 0 saturated heterocycles. The minimum absolute atomic E-state index is 0.416. The standard InChI is InChI=1S/C14H31NO/c1-6-14(15-7-2)9-8-10-16-13(5)11-12(3)4/h12-15H,6-11H2,1-5H3. The highest BCUT2D eigenvalue weighted by molar-refractivity contribution is 4.63. The number of hydrogen-bond donors (Lipinski definition) is 1. The van der Waals surface area contributed by atoms with E-state index in [1.807, 2.05) is 0 Å². The molecule has 0 radical (unpaired) electrons. The molecule has 98 valence electrons. The summed E-state index contributed by atoms with van der Waals surface area (Å²) in [6.07, 6.45) is 5.21. The van der Waals surface area contributed by atoms with E-state index in [1.165, 1.54) is 25.7 Å². The van der Waals surface area contributed by atoms with E-state index in [-0.39, 0.29) is 0 Å². The Labute approximate surface area is 102 Å². The van der Waals surface area contributed by atoms with Gasteiger partial charge in [-0.15, -0.1) is 0 Å². The Morgan fingerprint density at radius 1 is 1.12 bits per heavy atom. The lowest BCUT2D eigenvalue weighted by atomic mass is 10.1. The first-order valence-electron chi connectivity index (χ1n) is 6.95. The summed E-state index contributed by atoms with van der Waals surface area (Å²) in [6, 6.07) is 0.675. The van der Waals surface area contributed by atoms with Gasteiger partial charge in [-0.1, -0.05) is 27.7 Å². The minimum Gasteiger partial charge on any atom is -0.378 e. The van der Waals surface area contributed by atoms with Gasteiger partial charge in [-0.25, -0.2) is 0 Å². The third-order valence-corrected chi connectivity index (χ3v) is 2.89. The summed E-state index contributed by atoms with van der Waals surface area (Å²) in [5.41, 5.74) is 0. The molecule has 0 rings (SSSR count). The topological polar surface area (TPSA) is 21.3 Å². The van der Waals surface area contributed by atoms with E-state index in [9.17, 15) is 0 Å². The zero-order valence-electron chi connectivity index (χ0n) is 11.9. The van der Waals surface area contributed by atoms with Gasteiger partial charge in [-0.2, -0.15) is 0 Å². The number of nitrogens with one attached hydrogen (secondary N) is 1. The van der Waals surface area contributed by atoms with Crippen LogP contribution in [0.25, 0.3) is 0 Å². The van der Waals surface area contributed by atoms with Crippen molar-refractivity contribution in [2.24, 2.45) is 5.92 Å². The molecule has 2 heteroatoms. The summed E-state index contributed by atoms with van der Waals surface area (Å²) in [5, 5.41) is 3.50. The molecule has 2 atom stereocenters. The summed E-state index contributed by atoms with van der Waals surface area (Å²) < 4.78 is 5.80. The van der Waals surface area contributed by atoms with Gasteiger partial charge >= 0.3 is 0 Å². The summed E-state index contributed by atoms with van der Waals surface area (Å²) in [7, 11) is 0. The first kappa shape index (κ1) is 15.9. The highest BCUT2D eigenvalue weighted by Crippen LogP contribution is 2.09. The second-order valence-corrected chi connectivity index (χ2v) is 5.12. The molecule has 0 fully saturated rings. The number of hydrogen-bond acceptors (Lipinski definition) is 2. The molecule has 0 aromatic carbocycles. The van der Waals surface area contributed by atoms with Gasteiger partial charge in [0, 0.05) is 12.6 Å². The average molecular weight is 229 g/mol. The summed E-state index contributed by atoms with van der Waals surface area (Å²) in [4.78, 5) is 0. The van der Waals surface area contributed by atoms with Crippen LogP contribution < -0.4 is 5.32 Å². The van der Waals surface area contributed by atoms with Crippen molar-refractivity contribution in [1.29, 1.82) is 0 Å². The van der Waals surface area contributed by atoms with E-state index in [0.717, 1.165) is 19.1 Å². The van der Waals surface area contributed by atoms with Crippen LogP contribution in [-0.4, -0.2) is 25.3 Å². The molecule has 2 unspecified atom stereocenters. The highest BCUT2D eigenvalue weighted by atomic mass is 16.5. The Bertz CT molecular complexity index is 148. The van der Waals surface area contributed by atoms with Crippen molar-refractivity contribution >= 4 is 0 Å². The second kappa shape index (κ2) is 10.1. The average Bonchev–Trinajstić information content (AvgIpc) is 2.21. The zero-order valence-corrected chi connectivity index (χ0v) is 11.9. The zero-order chi connectivity index (χ0) is 12.4. The fraction of sp³-hybridized carbons (Fsp3) is 1.00. The second-order valence-electron chi connectivity index (χ2n) is 5.12. The van der Waals surface area contributed by atoms with E-state index in [0.29, 0.717) is 12.1 Å². The van der Waals surface area contributed by atoms with Crippen LogP contribution in [0.15, 0.2) is 0 Å². The first-order chi connectivity index (χ1) is 7.60. The van der Waals surface area contributed by atoms with E-state index in [1.54, 1.807) is 0 Å². The van der Waals surface area contributed by atoms with Crippen molar-refractivity contribution in [2.75, 3.05) is 13.2 Å². The fourth-order valence-corrected chi connectivity index (χ4v) is 2.09. The van der Waals surface area contributed by atoms with Crippen molar-refractivity contribution in [2.45, 2.75) is 72.4 Å². The van der Waals surface area contributed by atoms with Gasteiger partial charge in [-0.05, 0) is 45.1 Å². The van der Waals surface area contributed by atoms with Crippen LogP contribution in [0.2, 0.25) is 0 Å². The predicted octanol–water partition coefficient (Wildman–Crippen LogP) is 3.61. The van der Waals surface area contributed by atoms with E-state index >= 15 is 0 Å². The molecule has 0 aliphatic heterocycles. The van der Waals surface area contributed by atoms with E-state index in [2.05, 4.69) is 39.9 Å². The van der Waals surface area contributed by atoms with Crippen LogP contribution in [0.1, 0.15) is 60.3 Å². The SMILES string of the molecule is CCNC(CC)CCCOC(C)CC(C)C. The smallest absolute Gasteiger partial charge is 0.0549 e. The monoisotopic (exact) mass is 229 g/mol. The molecular weight excluding hydrogens is 198 g/mol. The van der Waals surface area contributed by atoms with Gasteiger partial charge in [0.2, 0.25) is 0 Å². The molecule has 16 heavy (non-hydrogen) atoms. The van der Waals surface area contributed by atoms with Crippen molar-refractivity contribution in [3.05, 3.63) is 0 Å². The summed E-state index contributed by atoms with van der Waals surface area (Å²) >= 11 is 0. The molecule has 0 amide bonds. The molecule has 0 aliphatic rings. The molecule has 1 N–H and O–H groups in total. The maximum absolute atomic E-state index is 5.80. The normalized spacial score (nSPS) is 15.4. The van der Waals surface area contributed by atoms with Gasteiger partial charge in [0.25, 0.3) is 0 Å². The van der Waals surface area contributed by atoms with Gasteiger partial charge in [0.05, 0.1) is 6.10 Å². The van der Waals surface area contributed by atoms with Crippen molar-refractivity contribution in [3.63, 3.8) is 0 Å². The first-order valence-corrected chi connectivity index (χ1v) is 6.95. The quantitative estimate of drug-likeness (QED) is 0.578. The molecule has 2 nitrogen and oxygen atoms in total. The summed E-state index contributed by atoms with van der Waals surface area (Å²) in [5.74, 6) is 0.736. The van der Waals surface area contributed by atoms with Gasteiger partial charge in [0.1, 0.15) is 0 Å². The maximum Gasteiger partial charge on any atom is 0.0549 e. The lowest BCUT2D eigenvalue weighted by Crippen LogP contribution is -2.28. The Morgan fingerprint density at radius 3 is 2.31 bits per heavy atom. The largest absolute Gasteiger partial charge is 0.378 e. The Hall–Kier alpha value is -0.0800. The van der Waals surface area contributed by atoms with Crippen LogP contribution in [0, 0.1) is 5.92 Å². The van der Waals surface area contributed by atoms with Crippen LogP contribution >= 0.6 is 0 Å². The Kier molecular flexibility index (Phi) is 10.0. The molecule has 0 aromatic heterocycles. The summed E-state index contributed by atoms with van der Waals surface area (Å²) in [6.45, 7) is 13.1.